The topological polar surface area (TPSA) is 58.6 Å². The Balaban J connectivity index is 1.64. The van der Waals surface area contributed by atoms with E-state index >= 15 is 0 Å². The summed E-state index contributed by atoms with van der Waals surface area (Å²) < 4.78 is 5.76. The Morgan fingerprint density at radius 1 is 1.06 bits per heavy atom. The molecule has 3 rings (SSSR count). The Labute approximate surface area is 212 Å². The van der Waals surface area contributed by atoms with Crippen LogP contribution in [0.1, 0.15) is 63.0 Å². The largest absolute Gasteiger partial charge is 0.494 e. The zero-order valence-corrected chi connectivity index (χ0v) is 21.5. The highest BCUT2D eigenvalue weighted by Gasteiger charge is 2.28. The van der Waals surface area contributed by atoms with Crippen molar-refractivity contribution in [1.82, 2.24) is 10.2 Å². The third-order valence-corrected chi connectivity index (χ3v) is 7.04. The molecule has 0 saturated heterocycles. The molecule has 1 aliphatic carbocycles. The number of benzene rings is 2. The van der Waals surface area contributed by atoms with E-state index < -0.39 is 6.04 Å². The first-order valence-electron chi connectivity index (χ1n) is 12.1. The first-order valence-corrected chi connectivity index (χ1v) is 12.8. The molecule has 5 nitrogen and oxygen atoms in total. The van der Waals surface area contributed by atoms with Gasteiger partial charge in [-0.2, -0.15) is 0 Å². The van der Waals surface area contributed by atoms with Gasteiger partial charge in [-0.3, -0.25) is 9.59 Å². The molecule has 1 fully saturated rings. The summed E-state index contributed by atoms with van der Waals surface area (Å²) in [5.41, 5.74) is 1.81. The average molecular weight is 505 g/mol. The smallest absolute Gasteiger partial charge is 0.242 e. The van der Waals surface area contributed by atoms with E-state index in [0.29, 0.717) is 28.6 Å². The van der Waals surface area contributed by atoms with Gasteiger partial charge in [0.1, 0.15) is 11.8 Å². The molecule has 0 aliphatic heterocycles. The molecule has 34 heavy (non-hydrogen) atoms. The molecule has 0 unspecified atom stereocenters. The number of ether oxygens (including phenoxy) is 1. The molecule has 7 heteroatoms. The van der Waals surface area contributed by atoms with Crippen LogP contribution in [-0.2, 0) is 16.1 Å². The number of hydrogen-bond acceptors (Lipinski definition) is 3. The van der Waals surface area contributed by atoms with Crippen molar-refractivity contribution in [2.75, 3.05) is 6.61 Å². The van der Waals surface area contributed by atoms with Crippen molar-refractivity contribution in [2.24, 2.45) is 0 Å². The summed E-state index contributed by atoms with van der Waals surface area (Å²) in [5, 5.41) is 4.10. The van der Waals surface area contributed by atoms with Crippen molar-refractivity contribution in [3.05, 3.63) is 63.6 Å². The van der Waals surface area contributed by atoms with Crippen LogP contribution in [0.3, 0.4) is 0 Å². The van der Waals surface area contributed by atoms with Crippen molar-refractivity contribution in [3.8, 4) is 5.75 Å². The normalized spacial score (nSPS) is 14.9. The first kappa shape index (κ1) is 26.4. The molecule has 1 N–H and O–H groups in total. The van der Waals surface area contributed by atoms with Crippen molar-refractivity contribution in [1.29, 1.82) is 0 Å². The number of amides is 2. The zero-order valence-electron chi connectivity index (χ0n) is 20.0. The standard InChI is InChI=1S/C27H34Cl2N2O3/c1-19-13-15-22(16-14-19)34-17-7-12-26(32)31(18-23-24(28)10-6-11-25(23)29)20(2)27(33)30-21-8-4-3-5-9-21/h6,10-11,13-16,20-21H,3-5,7-9,12,17-18H2,1-2H3,(H,30,33)/t20-/m0/s1. The third kappa shape index (κ3) is 7.64. The molecule has 2 amide bonds. The van der Waals surface area contributed by atoms with Gasteiger partial charge in [-0.15, -0.1) is 0 Å². The molecule has 1 atom stereocenters. The summed E-state index contributed by atoms with van der Waals surface area (Å²) in [6, 6.07) is 12.6. The number of hydrogen-bond donors (Lipinski definition) is 1. The molecular weight excluding hydrogens is 471 g/mol. The van der Waals surface area contributed by atoms with Gasteiger partial charge in [-0.05, 0) is 57.4 Å². The first-order chi connectivity index (χ1) is 16.3. The molecule has 1 saturated carbocycles. The number of nitrogens with one attached hydrogen (secondary N) is 1. The van der Waals surface area contributed by atoms with Gasteiger partial charge >= 0.3 is 0 Å². The Hall–Kier alpha value is -2.24. The maximum absolute atomic E-state index is 13.3. The highest BCUT2D eigenvalue weighted by Crippen LogP contribution is 2.27. The summed E-state index contributed by atoms with van der Waals surface area (Å²) in [5.74, 6) is 0.507. The molecule has 0 spiro atoms. The summed E-state index contributed by atoms with van der Waals surface area (Å²) in [7, 11) is 0. The minimum Gasteiger partial charge on any atom is -0.494 e. The fraction of sp³-hybridized carbons (Fsp3) is 0.481. The molecule has 0 bridgehead atoms. The summed E-state index contributed by atoms with van der Waals surface area (Å²) in [4.78, 5) is 27.9. The predicted octanol–water partition coefficient (Wildman–Crippen LogP) is 6.33. The number of carbonyl (C=O) groups excluding carboxylic acids is 2. The van der Waals surface area contributed by atoms with Crippen LogP contribution in [0.15, 0.2) is 42.5 Å². The van der Waals surface area contributed by atoms with E-state index in [1.54, 1.807) is 30.0 Å². The number of carbonyl (C=O) groups is 2. The molecule has 2 aromatic rings. The molecule has 2 aromatic carbocycles. The van der Waals surface area contributed by atoms with E-state index in [1.165, 1.54) is 6.42 Å². The number of rotatable bonds is 10. The SMILES string of the molecule is Cc1ccc(OCCCC(=O)N(Cc2c(Cl)cccc2Cl)[C@@H](C)C(=O)NC2CCCCC2)cc1. The summed E-state index contributed by atoms with van der Waals surface area (Å²) >= 11 is 12.8. The van der Waals surface area contributed by atoms with Gasteiger partial charge in [-0.1, -0.05) is 66.2 Å². The lowest BCUT2D eigenvalue weighted by Crippen LogP contribution is -2.50. The van der Waals surface area contributed by atoms with Crippen molar-refractivity contribution in [2.45, 2.75) is 77.4 Å². The number of nitrogens with zero attached hydrogens (tertiary/aromatic N) is 1. The Morgan fingerprint density at radius 3 is 2.35 bits per heavy atom. The van der Waals surface area contributed by atoms with Gasteiger partial charge in [0.15, 0.2) is 0 Å². The Kier molecular flexibility index (Phi) is 10.1. The molecule has 184 valence electrons. The van der Waals surface area contributed by atoms with Crippen molar-refractivity contribution < 1.29 is 14.3 Å². The Morgan fingerprint density at radius 2 is 1.71 bits per heavy atom. The number of halogens is 2. The van der Waals surface area contributed by atoms with Gasteiger partial charge in [0.2, 0.25) is 11.8 Å². The van der Waals surface area contributed by atoms with Crippen LogP contribution in [0.5, 0.6) is 5.75 Å². The van der Waals surface area contributed by atoms with Crippen molar-refractivity contribution in [3.63, 3.8) is 0 Å². The maximum Gasteiger partial charge on any atom is 0.242 e. The van der Waals surface area contributed by atoms with Crippen LogP contribution in [-0.4, -0.2) is 35.4 Å². The summed E-state index contributed by atoms with van der Waals surface area (Å²) in [6.45, 7) is 4.38. The Bertz CT molecular complexity index is 939. The van der Waals surface area contributed by atoms with E-state index in [2.05, 4.69) is 5.32 Å². The second kappa shape index (κ2) is 13.0. The zero-order chi connectivity index (χ0) is 24.5. The van der Waals surface area contributed by atoms with Crippen LogP contribution in [0, 0.1) is 6.92 Å². The van der Waals surface area contributed by atoms with Crippen LogP contribution in [0.4, 0.5) is 0 Å². The van der Waals surface area contributed by atoms with Gasteiger partial charge in [-0.25, -0.2) is 0 Å². The van der Waals surface area contributed by atoms with Crippen LogP contribution in [0.2, 0.25) is 10.0 Å². The highest BCUT2D eigenvalue weighted by molar-refractivity contribution is 6.36. The fourth-order valence-corrected chi connectivity index (χ4v) is 4.71. The monoisotopic (exact) mass is 504 g/mol. The van der Waals surface area contributed by atoms with Crippen LogP contribution >= 0.6 is 23.2 Å². The van der Waals surface area contributed by atoms with E-state index in [0.717, 1.165) is 37.0 Å². The third-order valence-electron chi connectivity index (χ3n) is 6.33. The van der Waals surface area contributed by atoms with E-state index in [1.807, 2.05) is 31.2 Å². The van der Waals surface area contributed by atoms with E-state index in [9.17, 15) is 9.59 Å². The average Bonchev–Trinajstić information content (AvgIpc) is 2.83. The molecule has 0 heterocycles. The molecule has 0 aromatic heterocycles. The second-order valence-electron chi connectivity index (χ2n) is 9.01. The lowest BCUT2D eigenvalue weighted by molar-refractivity contribution is -0.141. The van der Waals surface area contributed by atoms with Gasteiger partial charge in [0, 0.05) is 34.6 Å². The minimum atomic E-state index is -0.639. The van der Waals surface area contributed by atoms with Gasteiger partial charge in [0.05, 0.1) is 6.61 Å². The molecule has 0 radical (unpaired) electrons. The second-order valence-corrected chi connectivity index (χ2v) is 9.82. The maximum atomic E-state index is 13.3. The van der Waals surface area contributed by atoms with Gasteiger partial charge < -0.3 is 15.0 Å². The highest BCUT2D eigenvalue weighted by atomic mass is 35.5. The van der Waals surface area contributed by atoms with E-state index in [4.69, 9.17) is 27.9 Å². The van der Waals surface area contributed by atoms with Crippen LogP contribution in [0.25, 0.3) is 0 Å². The van der Waals surface area contributed by atoms with Crippen molar-refractivity contribution >= 4 is 35.0 Å². The van der Waals surface area contributed by atoms with Gasteiger partial charge in [0.25, 0.3) is 0 Å². The predicted molar refractivity (Wildman–Crippen MR) is 137 cm³/mol. The quantitative estimate of drug-likeness (QED) is 0.384. The number of aryl methyl sites for hydroxylation is 1. The van der Waals surface area contributed by atoms with Crippen LogP contribution < -0.4 is 10.1 Å². The minimum absolute atomic E-state index is 0.130. The lowest BCUT2D eigenvalue weighted by atomic mass is 9.95. The summed E-state index contributed by atoms with van der Waals surface area (Å²) in [6.07, 6.45) is 6.22. The lowest BCUT2D eigenvalue weighted by Gasteiger charge is -2.31. The molecular formula is C27H34Cl2N2O3. The fourth-order valence-electron chi connectivity index (χ4n) is 4.20. The molecule has 1 aliphatic rings. The van der Waals surface area contributed by atoms with E-state index in [-0.39, 0.29) is 30.8 Å².